The summed E-state index contributed by atoms with van der Waals surface area (Å²) in [5.74, 6) is 0.255. The number of likely N-dealkylation sites (tertiary alicyclic amines) is 1. The van der Waals surface area contributed by atoms with E-state index in [0.717, 1.165) is 25.1 Å². The highest BCUT2D eigenvalue weighted by molar-refractivity contribution is 7.12. The molecule has 2 saturated heterocycles. The van der Waals surface area contributed by atoms with Gasteiger partial charge >= 0.3 is 0 Å². The van der Waals surface area contributed by atoms with Gasteiger partial charge in [-0.2, -0.15) is 0 Å². The molecule has 0 bridgehead atoms. The molecule has 0 saturated carbocycles. The number of ether oxygens (including phenoxy) is 1. The van der Waals surface area contributed by atoms with Gasteiger partial charge in [0.05, 0.1) is 18.0 Å². The number of carbonyl (C=O) groups is 3. The molecule has 2 aliphatic heterocycles. The van der Waals surface area contributed by atoms with E-state index in [-0.39, 0.29) is 23.8 Å². The Morgan fingerprint density at radius 2 is 1.88 bits per heavy atom. The van der Waals surface area contributed by atoms with Crippen LogP contribution in [0, 0.1) is 0 Å². The number of amides is 3. The minimum absolute atomic E-state index is 0.0472. The number of thiophene rings is 1. The molecule has 9 heteroatoms. The second kappa shape index (κ2) is 13.1. The lowest BCUT2D eigenvalue weighted by Gasteiger charge is -2.29. The van der Waals surface area contributed by atoms with Crippen LogP contribution in [0.1, 0.15) is 38.4 Å². The number of methoxy groups -OCH3 is 1. The van der Waals surface area contributed by atoms with E-state index in [4.69, 9.17) is 4.74 Å². The van der Waals surface area contributed by atoms with Crippen molar-refractivity contribution in [3.63, 3.8) is 0 Å². The molecule has 8 nitrogen and oxygen atoms in total. The van der Waals surface area contributed by atoms with Gasteiger partial charge in [0, 0.05) is 38.3 Å². The zero-order valence-electron chi connectivity index (χ0n) is 22.8. The van der Waals surface area contributed by atoms with E-state index in [1.54, 1.807) is 36.3 Å². The minimum atomic E-state index is -0.642. The van der Waals surface area contributed by atoms with Gasteiger partial charge in [0.15, 0.2) is 0 Å². The Hall–Kier alpha value is -3.69. The minimum Gasteiger partial charge on any atom is -0.497 e. The molecule has 3 amide bonds. The second-order valence-electron chi connectivity index (χ2n) is 10.2. The molecule has 210 valence electrons. The lowest BCUT2D eigenvalue weighted by molar-refractivity contribution is -0.135. The van der Waals surface area contributed by atoms with Crippen LogP contribution in [-0.4, -0.2) is 90.9 Å². The summed E-state index contributed by atoms with van der Waals surface area (Å²) in [5, 5.41) is 5.24. The third-order valence-electron chi connectivity index (χ3n) is 7.71. The van der Waals surface area contributed by atoms with Gasteiger partial charge in [-0.3, -0.25) is 14.4 Å². The SMILES string of the molecule is COc1cccc(C(=O)N2CC(N(CCc3ccccc3)C(=O)c3cccs3)CC2C(=O)N2CCCNCC2)c1. The van der Waals surface area contributed by atoms with E-state index < -0.39 is 6.04 Å². The van der Waals surface area contributed by atoms with Crippen molar-refractivity contribution in [3.05, 3.63) is 88.1 Å². The highest BCUT2D eigenvalue weighted by Crippen LogP contribution is 2.29. The van der Waals surface area contributed by atoms with E-state index in [2.05, 4.69) is 17.4 Å². The quantitative estimate of drug-likeness (QED) is 0.456. The van der Waals surface area contributed by atoms with Crippen molar-refractivity contribution in [2.45, 2.75) is 31.3 Å². The Morgan fingerprint density at radius 1 is 1.02 bits per heavy atom. The van der Waals surface area contributed by atoms with Crippen LogP contribution in [0.25, 0.3) is 0 Å². The van der Waals surface area contributed by atoms with Crippen molar-refractivity contribution in [3.8, 4) is 5.75 Å². The lowest BCUT2D eigenvalue weighted by atomic mass is 10.1. The summed E-state index contributed by atoms with van der Waals surface area (Å²) in [4.78, 5) is 47.7. The number of nitrogens with zero attached hydrogens (tertiary/aromatic N) is 3. The molecule has 2 unspecified atom stereocenters. The van der Waals surface area contributed by atoms with Gasteiger partial charge in [0.1, 0.15) is 11.8 Å². The molecular formula is C31H36N4O4S. The van der Waals surface area contributed by atoms with Crippen LogP contribution in [0.3, 0.4) is 0 Å². The smallest absolute Gasteiger partial charge is 0.264 e. The lowest BCUT2D eigenvalue weighted by Crippen LogP contribution is -2.48. The van der Waals surface area contributed by atoms with E-state index in [0.29, 0.717) is 55.2 Å². The van der Waals surface area contributed by atoms with E-state index in [9.17, 15) is 14.4 Å². The maximum Gasteiger partial charge on any atom is 0.264 e. The maximum absolute atomic E-state index is 13.9. The highest BCUT2D eigenvalue weighted by Gasteiger charge is 2.44. The molecule has 0 radical (unpaired) electrons. The Labute approximate surface area is 239 Å². The van der Waals surface area contributed by atoms with Gasteiger partial charge in [-0.25, -0.2) is 0 Å². The number of hydrogen-bond acceptors (Lipinski definition) is 6. The standard InChI is InChI=1S/C31H36N4O4S/c1-39-26-11-5-10-24(20-26)29(36)35-22-25(21-27(35)30(37)33-16-7-14-32-15-18-33)34(31(38)28-12-6-19-40-28)17-13-23-8-3-2-4-9-23/h2-6,8-12,19-20,25,27,32H,7,13-18,21-22H2,1H3. The van der Waals surface area contributed by atoms with E-state index in [1.165, 1.54) is 11.3 Å². The largest absolute Gasteiger partial charge is 0.497 e. The average molecular weight is 561 g/mol. The predicted molar refractivity (Wildman–Crippen MR) is 156 cm³/mol. The van der Waals surface area contributed by atoms with Crippen molar-refractivity contribution in [1.82, 2.24) is 20.0 Å². The first-order chi connectivity index (χ1) is 19.5. The van der Waals surface area contributed by atoms with Gasteiger partial charge in [0.25, 0.3) is 11.8 Å². The van der Waals surface area contributed by atoms with E-state index >= 15 is 0 Å². The number of hydrogen-bond donors (Lipinski definition) is 1. The average Bonchev–Trinajstić information content (AvgIpc) is 3.62. The molecule has 40 heavy (non-hydrogen) atoms. The molecular weight excluding hydrogens is 524 g/mol. The molecule has 1 aromatic heterocycles. The monoisotopic (exact) mass is 560 g/mol. The van der Waals surface area contributed by atoms with Gasteiger partial charge in [0.2, 0.25) is 5.91 Å². The number of benzene rings is 2. The fraction of sp³-hybridized carbons (Fsp3) is 0.387. The first-order valence-electron chi connectivity index (χ1n) is 13.9. The molecule has 3 heterocycles. The van der Waals surface area contributed by atoms with Crippen molar-refractivity contribution in [1.29, 1.82) is 0 Å². The predicted octanol–water partition coefficient (Wildman–Crippen LogP) is 3.55. The summed E-state index contributed by atoms with van der Waals surface area (Å²) < 4.78 is 5.35. The zero-order valence-corrected chi connectivity index (χ0v) is 23.6. The van der Waals surface area contributed by atoms with Crippen molar-refractivity contribution in [2.75, 3.05) is 46.4 Å². The molecule has 2 atom stereocenters. The van der Waals surface area contributed by atoms with Crippen LogP contribution in [0.5, 0.6) is 5.75 Å². The van der Waals surface area contributed by atoms with E-state index in [1.807, 2.05) is 45.5 Å². The third kappa shape index (κ3) is 6.37. The van der Waals surface area contributed by atoms with Crippen LogP contribution in [0.4, 0.5) is 0 Å². The molecule has 2 aliphatic rings. The topological polar surface area (TPSA) is 82.2 Å². The fourth-order valence-electron chi connectivity index (χ4n) is 5.58. The van der Waals surface area contributed by atoms with Crippen LogP contribution in [0.15, 0.2) is 72.1 Å². The van der Waals surface area contributed by atoms with Gasteiger partial charge in [-0.15, -0.1) is 11.3 Å². The van der Waals surface area contributed by atoms with Crippen molar-refractivity contribution < 1.29 is 19.1 Å². The summed E-state index contributed by atoms with van der Waals surface area (Å²) in [6.07, 6.45) is 1.96. The van der Waals surface area contributed by atoms with Crippen molar-refractivity contribution >= 4 is 29.1 Å². The molecule has 2 fully saturated rings. The Bertz CT molecular complexity index is 1290. The third-order valence-corrected chi connectivity index (χ3v) is 8.57. The Balaban J connectivity index is 1.44. The first kappa shape index (κ1) is 27.9. The Morgan fingerprint density at radius 3 is 2.65 bits per heavy atom. The maximum atomic E-state index is 13.9. The number of rotatable bonds is 8. The number of nitrogens with one attached hydrogen (secondary N) is 1. The van der Waals surface area contributed by atoms with Crippen LogP contribution < -0.4 is 10.1 Å². The van der Waals surface area contributed by atoms with Gasteiger partial charge < -0.3 is 24.8 Å². The highest BCUT2D eigenvalue weighted by atomic mass is 32.1. The normalized spacial score (nSPS) is 19.2. The second-order valence-corrected chi connectivity index (χ2v) is 11.2. The van der Waals surface area contributed by atoms with Gasteiger partial charge in [-0.1, -0.05) is 42.5 Å². The fourth-order valence-corrected chi connectivity index (χ4v) is 6.26. The zero-order chi connectivity index (χ0) is 27.9. The van der Waals surface area contributed by atoms with Crippen LogP contribution in [0.2, 0.25) is 0 Å². The summed E-state index contributed by atoms with van der Waals surface area (Å²) in [6, 6.07) is 19.9. The summed E-state index contributed by atoms with van der Waals surface area (Å²) in [6.45, 7) is 3.65. The molecule has 1 N–H and O–H groups in total. The van der Waals surface area contributed by atoms with Crippen LogP contribution >= 0.6 is 11.3 Å². The molecule has 5 rings (SSSR count). The Kier molecular flexibility index (Phi) is 9.13. The van der Waals surface area contributed by atoms with Crippen LogP contribution in [-0.2, 0) is 11.2 Å². The molecule has 2 aromatic carbocycles. The molecule has 0 aliphatic carbocycles. The van der Waals surface area contributed by atoms with Gasteiger partial charge in [-0.05, 0) is 61.0 Å². The summed E-state index contributed by atoms with van der Waals surface area (Å²) >= 11 is 1.41. The number of carbonyl (C=O) groups excluding carboxylic acids is 3. The summed E-state index contributed by atoms with van der Waals surface area (Å²) in [7, 11) is 1.57. The first-order valence-corrected chi connectivity index (χ1v) is 14.8. The summed E-state index contributed by atoms with van der Waals surface area (Å²) in [5.41, 5.74) is 1.61. The molecule has 3 aromatic rings. The molecule has 0 spiro atoms. The van der Waals surface area contributed by atoms with Crippen molar-refractivity contribution in [2.24, 2.45) is 0 Å².